The molecule has 4 heteroatoms. The van der Waals surface area contributed by atoms with E-state index in [1.807, 2.05) is 60.7 Å². The summed E-state index contributed by atoms with van der Waals surface area (Å²) in [4.78, 5) is 15.1. The largest absolute Gasteiger partial charge is 0.496 e. The molecule has 0 spiro atoms. The number of nitrogens with zero attached hydrogens (tertiary/aromatic N) is 1. The van der Waals surface area contributed by atoms with Crippen LogP contribution in [0.4, 0.5) is 0 Å². The highest BCUT2D eigenvalue weighted by atomic mass is 16.5. The fourth-order valence-corrected chi connectivity index (χ4v) is 3.36. The van der Waals surface area contributed by atoms with Crippen molar-refractivity contribution in [2.75, 3.05) is 34.9 Å². The summed E-state index contributed by atoms with van der Waals surface area (Å²) in [5.74, 6) is 1.20. The molecule has 0 aromatic heterocycles. The van der Waals surface area contributed by atoms with Crippen LogP contribution in [0.3, 0.4) is 0 Å². The van der Waals surface area contributed by atoms with Crippen molar-refractivity contribution in [2.24, 2.45) is 0 Å². The van der Waals surface area contributed by atoms with Crippen LogP contribution in [0, 0.1) is 0 Å². The molecular formula is C27H29NO3. The second-order valence-corrected chi connectivity index (χ2v) is 7.61. The van der Waals surface area contributed by atoms with Crippen LogP contribution < -0.4 is 9.47 Å². The van der Waals surface area contributed by atoms with Crippen LogP contribution >= 0.6 is 0 Å². The van der Waals surface area contributed by atoms with Crippen LogP contribution in [0.1, 0.15) is 21.5 Å². The number of hydrogen-bond donors (Lipinski definition) is 0. The maximum absolute atomic E-state index is 13.0. The molecule has 0 N–H and O–H groups in total. The van der Waals surface area contributed by atoms with Gasteiger partial charge in [0, 0.05) is 12.1 Å². The van der Waals surface area contributed by atoms with Gasteiger partial charge in [-0.25, -0.2) is 0 Å². The molecule has 0 heterocycles. The van der Waals surface area contributed by atoms with Crippen LogP contribution in [-0.4, -0.2) is 45.5 Å². The lowest BCUT2D eigenvalue weighted by atomic mass is 9.99. The highest BCUT2D eigenvalue weighted by Gasteiger charge is 2.13. The second-order valence-electron chi connectivity index (χ2n) is 7.61. The second kappa shape index (κ2) is 10.6. The van der Waals surface area contributed by atoms with Crippen LogP contribution in [0.5, 0.6) is 11.5 Å². The lowest BCUT2D eigenvalue weighted by molar-refractivity contribution is 0.104. The van der Waals surface area contributed by atoms with Gasteiger partial charge < -0.3 is 14.4 Å². The Kier molecular flexibility index (Phi) is 7.63. The molecule has 3 rings (SSSR count). The maximum atomic E-state index is 13.0. The molecule has 0 atom stereocenters. The Bertz CT molecular complexity index is 1050. The van der Waals surface area contributed by atoms with Crippen molar-refractivity contribution in [1.29, 1.82) is 0 Å². The third-order valence-electron chi connectivity index (χ3n) is 5.14. The number of allylic oxidation sites excluding steroid dienone is 1. The van der Waals surface area contributed by atoms with Crippen molar-refractivity contribution in [2.45, 2.75) is 6.42 Å². The molecule has 0 saturated carbocycles. The third kappa shape index (κ3) is 5.83. The first-order valence-electron chi connectivity index (χ1n) is 10.3. The van der Waals surface area contributed by atoms with Crippen molar-refractivity contribution in [3.8, 4) is 22.6 Å². The van der Waals surface area contributed by atoms with Crippen molar-refractivity contribution in [1.82, 2.24) is 4.90 Å². The Hall–Kier alpha value is -3.37. The minimum absolute atomic E-state index is 0.106. The number of ketones is 1. The zero-order valence-corrected chi connectivity index (χ0v) is 18.6. The van der Waals surface area contributed by atoms with Crippen LogP contribution in [0.2, 0.25) is 0 Å². The maximum Gasteiger partial charge on any atom is 0.189 e. The van der Waals surface area contributed by atoms with E-state index in [9.17, 15) is 4.79 Å². The lowest BCUT2D eigenvalue weighted by Gasteiger charge is -2.12. The average molecular weight is 416 g/mol. The summed E-state index contributed by atoms with van der Waals surface area (Å²) >= 11 is 0. The first-order valence-corrected chi connectivity index (χ1v) is 10.3. The number of para-hydroxylation sites is 1. The summed E-state index contributed by atoms with van der Waals surface area (Å²) in [7, 11) is 7.35. The zero-order chi connectivity index (χ0) is 22.2. The molecule has 3 aromatic carbocycles. The fraction of sp³-hybridized carbons (Fsp3) is 0.222. The number of ether oxygens (including phenoxy) is 2. The van der Waals surface area contributed by atoms with Crippen molar-refractivity contribution >= 4 is 11.9 Å². The summed E-state index contributed by atoms with van der Waals surface area (Å²) in [6, 6.07) is 21.7. The monoisotopic (exact) mass is 415 g/mol. The van der Waals surface area contributed by atoms with E-state index in [0.717, 1.165) is 35.4 Å². The quantitative estimate of drug-likeness (QED) is 0.348. The van der Waals surface area contributed by atoms with E-state index in [-0.39, 0.29) is 5.78 Å². The Morgan fingerprint density at radius 2 is 1.61 bits per heavy atom. The normalized spacial score (nSPS) is 11.1. The zero-order valence-electron chi connectivity index (χ0n) is 18.6. The van der Waals surface area contributed by atoms with Crippen LogP contribution in [-0.2, 0) is 6.42 Å². The topological polar surface area (TPSA) is 38.8 Å². The van der Waals surface area contributed by atoms with Crippen molar-refractivity contribution < 1.29 is 14.3 Å². The van der Waals surface area contributed by atoms with Gasteiger partial charge in [0.1, 0.15) is 11.5 Å². The van der Waals surface area contributed by atoms with E-state index in [4.69, 9.17) is 9.47 Å². The van der Waals surface area contributed by atoms with E-state index >= 15 is 0 Å². The minimum Gasteiger partial charge on any atom is -0.496 e. The highest BCUT2D eigenvalue weighted by Crippen LogP contribution is 2.33. The highest BCUT2D eigenvalue weighted by molar-refractivity contribution is 6.09. The van der Waals surface area contributed by atoms with E-state index in [2.05, 4.69) is 31.1 Å². The third-order valence-corrected chi connectivity index (χ3v) is 5.14. The summed E-state index contributed by atoms with van der Waals surface area (Å²) in [6.07, 6.45) is 4.44. The number of benzene rings is 3. The van der Waals surface area contributed by atoms with Crippen molar-refractivity contribution in [3.63, 3.8) is 0 Å². The molecule has 160 valence electrons. The predicted octanol–water partition coefficient (Wildman–Crippen LogP) is 5.37. The average Bonchev–Trinajstić information content (AvgIpc) is 2.81. The minimum atomic E-state index is -0.106. The number of methoxy groups -OCH3 is 2. The van der Waals surface area contributed by atoms with Gasteiger partial charge in [-0.15, -0.1) is 0 Å². The number of rotatable bonds is 9. The van der Waals surface area contributed by atoms with Gasteiger partial charge in [-0.2, -0.15) is 0 Å². The van der Waals surface area contributed by atoms with E-state index < -0.39 is 0 Å². The summed E-state index contributed by atoms with van der Waals surface area (Å²) in [5, 5.41) is 0. The Morgan fingerprint density at radius 1 is 0.903 bits per heavy atom. The molecule has 0 radical (unpaired) electrons. The Morgan fingerprint density at radius 3 is 2.29 bits per heavy atom. The van der Waals surface area contributed by atoms with Crippen LogP contribution in [0.15, 0.2) is 72.8 Å². The molecule has 0 amide bonds. The summed E-state index contributed by atoms with van der Waals surface area (Å²) in [6.45, 7) is 1.01. The van der Waals surface area contributed by atoms with Gasteiger partial charge in [-0.3, -0.25) is 4.79 Å². The number of hydrogen-bond acceptors (Lipinski definition) is 4. The predicted molar refractivity (Wildman–Crippen MR) is 127 cm³/mol. The molecular weight excluding hydrogens is 386 g/mol. The van der Waals surface area contributed by atoms with Gasteiger partial charge in [0.25, 0.3) is 0 Å². The summed E-state index contributed by atoms with van der Waals surface area (Å²) in [5.41, 5.74) is 4.62. The van der Waals surface area contributed by atoms with Crippen LogP contribution in [0.25, 0.3) is 17.2 Å². The molecule has 0 fully saturated rings. The Labute approximate surface area is 184 Å². The number of carbonyl (C=O) groups is 1. The number of likely N-dealkylation sites (N-methyl/N-ethyl adjacent to an activating group) is 1. The summed E-state index contributed by atoms with van der Waals surface area (Å²) < 4.78 is 10.9. The molecule has 0 aliphatic heterocycles. The molecule has 0 saturated heterocycles. The van der Waals surface area contributed by atoms with Crippen molar-refractivity contribution in [3.05, 3.63) is 89.5 Å². The van der Waals surface area contributed by atoms with Gasteiger partial charge in [0.15, 0.2) is 5.78 Å². The van der Waals surface area contributed by atoms with Gasteiger partial charge in [0.2, 0.25) is 0 Å². The molecule has 0 unspecified atom stereocenters. The number of carbonyl (C=O) groups excluding carboxylic acids is 1. The van der Waals surface area contributed by atoms with E-state index in [0.29, 0.717) is 11.3 Å². The first kappa shape index (κ1) is 22.3. The molecule has 0 aliphatic carbocycles. The SMILES string of the molecule is COc1ccc(-c2ccccc2OC)cc1C(=O)C=Cc1ccc(CCN(C)C)cc1. The molecule has 0 bridgehead atoms. The molecule has 4 nitrogen and oxygen atoms in total. The smallest absolute Gasteiger partial charge is 0.189 e. The molecule has 31 heavy (non-hydrogen) atoms. The van der Waals surface area contributed by atoms with Gasteiger partial charge in [0.05, 0.1) is 19.8 Å². The molecule has 3 aromatic rings. The van der Waals surface area contributed by atoms with Gasteiger partial charge >= 0.3 is 0 Å². The fourth-order valence-electron chi connectivity index (χ4n) is 3.36. The Balaban J connectivity index is 1.82. The standard InChI is InChI=1S/C27H29NO3/c1-28(2)18-17-21-11-9-20(10-12-21)13-15-25(29)24-19-22(14-16-27(24)31-4)23-7-5-6-8-26(23)30-3/h5-16,19H,17-18H2,1-4H3. The van der Waals surface area contributed by atoms with E-state index in [1.165, 1.54) is 5.56 Å². The van der Waals surface area contributed by atoms with Gasteiger partial charge in [-0.05, 0) is 61.5 Å². The van der Waals surface area contributed by atoms with E-state index in [1.54, 1.807) is 20.3 Å². The lowest BCUT2D eigenvalue weighted by Crippen LogP contribution is -2.14. The molecule has 0 aliphatic rings. The first-order chi connectivity index (χ1) is 15.0. The van der Waals surface area contributed by atoms with Gasteiger partial charge in [-0.1, -0.05) is 54.6 Å².